The molecule has 1 aliphatic rings. The Morgan fingerprint density at radius 3 is 2.82 bits per heavy atom. The summed E-state index contributed by atoms with van der Waals surface area (Å²) in [4.78, 5) is 11.4. The molecule has 1 fully saturated rings. The average molecular weight is 254 g/mol. The van der Waals surface area contributed by atoms with Crippen molar-refractivity contribution in [2.45, 2.75) is 44.9 Å². The number of nitrogens with zero attached hydrogens (tertiary/aromatic N) is 3. The second-order valence-corrected chi connectivity index (χ2v) is 5.69. The van der Waals surface area contributed by atoms with E-state index in [4.69, 9.17) is 11.6 Å². The summed E-state index contributed by atoms with van der Waals surface area (Å²) in [5, 5.41) is 0.232. The molecule has 1 aliphatic heterocycles. The molecular weight excluding hydrogens is 234 g/mol. The lowest BCUT2D eigenvalue weighted by Crippen LogP contribution is -2.37. The fourth-order valence-electron chi connectivity index (χ4n) is 2.12. The van der Waals surface area contributed by atoms with Crippen LogP contribution >= 0.6 is 11.6 Å². The van der Waals surface area contributed by atoms with Crippen molar-refractivity contribution in [1.82, 2.24) is 9.97 Å². The van der Waals surface area contributed by atoms with Crippen LogP contribution in [-0.4, -0.2) is 28.4 Å². The Morgan fingerprint density at radius 1 is 1.41 bits per heavy atom. The van der Waals surface area contributed by atoms with Gasteiger partial charge in [-0.15, -0.1) is 11.6 Å². The van der Waals surface area contributed by atoms with E-state index in [2.05, 4.69) is 34.8 Å². The first-order chi connectivity index (χ1) is 8.06. The molecule has 0 saturated carbocycles. The molecule has 2 rings (SSSR count). The quantitative estimate of drug-likeness (QED) is 0.759. The van der Waals surface area contributed by atoms with Crippen molar-refractivity contribution in [2.24, 2.45) is 0 Å². The zero-order chi connectivity index (χ0) is 12.4. The SMILES string of the molecule is Cc1cc(C(C)C)nc(N2CCCC(Cl)C2)n1. The minimum absolute atomic E-state index is 0.232. The highest BCUT2D eigenvalue weighted by Crippen LogP contribution is 2.22. The van der Waals surface area contributed by atoms with Crippen molar-refractivity contribution in [1.29, 1.82) is 0 Å². The summed E-state index contributed by atoms with van der Waals surface area (Å²) in [6.07, 6.45) is 2.23. The molecule has 1 saturated heterocycles. The predicted molar refractivity (Wildman–Crippen MR) is 71.9 cm³/mol. The van der Waals surface area contributed by atoms with Crippen molar-refractivity contribution in [3.05, 3.63) is 17.5 Å². The van der Waals surface area contributed by atoms with Crippen LogP contribution in [0.4, 0.5) is 5.95 Å². The number of halogens is 1. The summed E-state index contributed by atoms with van der Waals surface area (Å²) in [5.74, 6) is 1.28. The largest absolute Gasteiger partial charge is 0.339 e. The molecule has 17 heavy (non-hydrogen) atoms. The summed E-state index contributed by atoms with van der Waals surface area (Å²) in [7, 11) is 0. The molecule has 0 spiro atoms. The third kappa shape index (κ3) is 3.09. The monoisotopic (exact) mass is 253 g/mol. The summed E-state index contributed by atoms with van der Waals surface area (Å²) < 4.78 is 0. The van der Waals surface area contributed by atoms with E-state index in [1.54, 1.807) is 0 Å². The first kappa shape index (κ1) is 12.6. The molecule has 94 valence electrons. The average Bonchev–Trinajstić information content (AvgIpc) is 2.28. The number of hydrogen-bond donors (Lipinski definition) is 0. The molecule has 1 aromatic heterocycles. The molecule has 2 heterocycles. The molecule has 0 amide bonds. The van der Waals surface area contributed by atoms with E-state index in [0.29, 0.717) is 5.92 Å². The van der Waals surface area contributed by atoms with Gasteiger partial charge in [-0.25, -0.2) is 9.97 Å². The Labute approximate surface area is 108 Å². The third-order valence-electron chi connectivity index (χ3n) is 3.10. The Kier molecular flexibility index (Phi) is 3.87. The molecule has 1 atom stereocenters. The first-order valence-electron chi connectivity index (χ1n) is 6.31. The summed E-state index contributed by atoms with van der Waals surface area (Å²) >= 11 is 6.21. The van der Waals surface area contributed by atoms with Gasteiger partial charge in [-0.05, 0) is 31.7 Å². The van der Waals surface area contributed by atoms with Crippen LogP contribution in [0.2, 0.25) is 0 Å². The Hall–Kier alpha value is -0.830. The Bertz CT molecular complexity index is 392. The maximum absolute atomic E-state index is 6.21. The highest BCUT2D eigenvalue weighted by Gasteiger charge is 2.20. The molecule has 0 aliphatic carbocycles. The molecule has 0 radical (unpaired) electrons. The second kappa shape index (κ2) is 5.21. The Balaban J connectivity index is 2.25. The van der Waals surface area contributed by atoms with Crippen molar-refractivity contribution >= 4 is 17.5 Å². The third-order valence-corrected chi connectivity index (χ3v) is 3.46. The van der Waals surface area contributed by atoms with Crippen molar-refractivity contribution < 1.29 is 0 Å². The lowest BCUT2D eigenvalue weighted by atomic mass is 10.1. The van der Waals surface area contributed by atoms with Crippen molar-refractivity contribution in [3.8, 4) is 0 Å². The normalized spacial score (nSPS) is 21.0. The van der Waals surface area contributed by atoms with Gasteiger partial charge in [0.15, 0.2) is 0 Å². The van der Waals surface area contributed by atoms with Crippen LogP contribution in [0.1, 0.15) is 44.0 Å². The molecule has 4 heteroatoms. The smallest absolute Gasteiger partial charge is 0.225 e. The van der Waals surface area contributed by atoms with Gasteiger partial charge in [0.05, 0.1) is 5.38 Å². The Morgan fingerprint density at radius 2 is 2.18 bits per heavy atom. The van der Waals surface area contributed by atoms with E-state index in [9.17, 15) is 0 Å². The maximum atomic E-state index is 6.21. The second-order valence-electron chi connectivity index (χ2n) is 5.07. The van der Waals surface area contributed by atoms with Gasteiger partial charge in [-0.3, -0.25) is 0 Å². The number of piperidine rings is 1. The minimum Gasteiger partial charge on any atom is -0.339 e. The van der Waals surface area contributed by atoms with Crippen LogP contribution < -0.4 is 4.90 Å². The number of aryl methyl sites for hydroxylation is 1. The fraction of sp³-hybridized carbons (Fsp3) is 0.692. The van der Waals surface area contributed by atoms with Crippen LogP contribution in [0.25, 0.3) is 0 Å². The zero-order valence-corrected chi connectivity index (χ0v) is 11.5. The van der Waals surface area contributed by atoms with Gasteiger partial charge in [-0.1, -0.05) is 13.8 Å². The van der Waals surface area contributed by atoms with E-state index in [1.165, 1.54) is 0 Å². The van der Waals surface area contributed by atoms with E-state index < -0.39 is 0 Å². The molecule has 1 aromatic rings. The topological polar surface area (TPSA) is 29.0 Å². The standard InChI is InChI=1S/C13H20ClN3/c1-9(2)12-7-10(3)15-13(16-12)17-6-4-5-11(14)8-17/h7,9,11H,4-6,8H2,1-3H3. The van der Waals surface area contributed by atoms with Gasteiger partial charge in [0, 0.05) is 24.5 Å². The molecular formula is C13H20ClN3. The van der Waals surface area contributed by atoms with Crippen LogP contribution in [-0.2, 0) is 0 Å². The summed E-state index contributed by atoms with van der Waals surface area (Å²) in [6.45, 7) is 8.23. The maximum Gasteiger partial charge on any atom is 0.225 e. The molecule has 0 bridgehead atoms. The van der Waals surface area contributed by atoms with E-state index in [-0.39, 0.29) is 5.38 Å². The van der Waals surface area contributed by atoms with Crippen LogP contribution in [0.5, 0.6) is 0 Å². The molecule has 0 aromatic carbocycles. The van der Waals surface area contributed by atoms with Gasteiger partial charge < -0.3 is 4.90 Å². The van der Waals surface area contributed by atoms with E-state index >= 15 is 0 Å². The van der Waals surface area contributed by atoms with E-state index in [1.807, 2.05) is 6.92 Å². The zero-order valence-electron chi connectivity index (χ0n) is 10.8. The minimum atomic E-state index is 0.232. The highest BCUT2D eigenvalue weighted by atomic mass is 35.5. The summed E-state index contributed by atoms with van der Waals surface area (Å²) in [6, 6.07) is 2.07. The van der Waals surface area contributed by atoms with Crippen molar-refractivity contribution in [2.75, 3.05) is 18.0 Å². The predicted octanol–water partition coefficient (Wildman–Crippen LogP) is 3.12. The van der Waals surface area contributed by atoms with Gasteiger partial charge in [0.2, 0.25) is 5.95 Å². The number of aromatic nitrogens is 2. The van der Waals surface area contributed by atoms with Crippen LogP contribution in [0.15, 0.2) is 6.07 Å². The van der Waals surface area contributed by atoms with Gasteiger partial charge in [-0.2, -0.15) is 0 Å². The number of anilines is 1. The lowest BCUT2D eigenvalue weighted by molar-refractivity contribution is 0.572. The summed E-state index contributed by atoms with van der Waals surface area (Å²) in [5.41, 5.74) is 2.15. The van der Waals surface area contributed by atoms with Crippen LogP contribution in [0.3, 0.4) is 0 Å². The van der Waals surface area contributed by atoms with E-state index in [0.717, 1.165) is 43.3 Å². The van der Waals surface area contributed by atoms with Gasteiger partial charge in [0.1, 0.15) is 0 Å². The van der Waals surface area contributed by atoms with Crippen molar-refractivity contribution in [3.63, 3.8) is 0 Å². The first-order valence-corrected chi connectivity index (χ1v) is 6.74. The van der Waals surface area contributed by atoms with Gasteiger partial charge in [0.25, 0.3) is 0 Å². The molecule has 3 nitrogen and oxygen atoms in total. The van der Waals surface area contributed by atoms with Gasteiger partial charge >= 0.3 is 0 Å². The number of rotatable bonds is 2. The number of hydrogen-bond acceptors (Lipinski definition) is 3. The van der Waals surface area contributed by atoms with Crippen LogP contribution in [0, 0.1) is 6.92 Å². The highest BCUT2D eigenvalue weighted by molar-refractivity contribution is 6.21. The molecule has 0 N–H and O–H groups in total. The fourth-order valence-corrected chi connectivity index (χ4v) is 2.44. The lowest BCUT2D eigenvalue weighted by Gasteiger charge is -2.30. The molecule has 1 unspecified atom stereocenters. The number of alkyl halides is 1.